The van der Waals surface area contributed by atoms with Crippen molar-refractivity contribution in [1.82, 2.24) is 19.3 Å². The highest BCUT2D eigenvalue weighted by Crippen LogP contribution is 2.50. The number of hydrogen-bond acceptors (Lipinski definition) is 8. The molecule has 0 unspecified atom stereocenters. The van der Waals surface area contributed by atoms with Crippen molar-refractivity contribution in [1.29, 1.82) is 0 Å². The number of imidazole rings is 1. The molecule has 4 aromatic rings. The van der Waals surface area contributed by atoms with Crippen LogP contribution in [-0.2, 0) is 28.2 Å². The standard InChI is InChI=1S/C30H31FN6O4/c1-29(2,3)41-28(39)37-16-19-18(23-15-33-25-13-17(31)9-12-36(23)25)5-7-21(26(19)27(37)38)34-24-8-6-20(22(14-32)35-24)30(40-4)10-11-30/h5-9,12-13,15H,10-11,14,16,32H2,1-4H3,(H,34,35). The quantitative estimate of drug-likeness (QED) is 0.328. The number of fused-ring (bicyclic) bond motifs is 2. The minimum atomic E-state index is -0.785. The summed E-state index contributed by atoms with van der Waals surface area (Å²) in [4.78, 5) is 37.0. The number of halogens is 1. The molecule has 1 aliphatic heterocycles. The summed E-state index contributed by atoms with van der Waals surface area (Å²) in [5.41, 5.74) is 9.77. The number of pyridine rings is 2. The smallest absolute Gasteiger partial charge is 0.417 e. The molecule has 41 heavy (non-hydrogen) atoms. The maximum Gasteiger partial charge on any atom is 0.417 e. The molecule has 0 radical (unpaired) electrons. The molecule has 1 aromatic carbocycles. The zero-order chi connectivity index (χ0) is 29.1. The maximum absolute atomic E-state index is 13.8. The Bertz CT molecular complexity index is 1710. The van der Waals surface area contributed by atoms with Crippen molar-refractivity contribution in [3.05, 3.63) is 77.0 Å². The fraction of sp³-hybridized carbons (Fsp3) is 0.333. The van der Waals surface area contributed by atoms with Gasteiger partial charge < -0.3 is 20.5 Å². The second kappa shape index (κ2) is 9.64. The molecule has 1 fully saturated rings. The van der Waals surface area contributed by atoms with Crippen LogP contribution in [0.1, 0.15) is 60.8 Å². The Morgan fingerprint density at radius 1 is 1.20 bits per heavy atom. The van der Waals surface area contributed by atoms with Crippen molar-refractivity contribution in [2.45, 2.75) is 57.9 Å². The Morgan fingerprint density at radius 3 is 2.66 bits per heavy atom. The van der Waals surface area contributed by atoms with Crippen LogP contribution < -0.4 is 11.1 Å². The van der Waals surface area contributed by atoms with Gasteiger partial charge >= 0.3 is 6.09 Å². The van der Waals surface area contributed by atoms with Crippen LogP contribution in [0.25, 0.3) is 16.9 Å². The van der Waals surface area contributed by atoms with Crippen LogP contribution >= 0.6 is 0 Å². The normalized spacial score (nSPS) is 15.8. The Kier molecular flexibility index (Phi) is 6.31. The first-order chi connectivity index (χ1) is 19.5. The first-order valence-electron chi connectivity index (χ1n) is 13.4. The van der Waals surface area contributed by atoms with Gasteiger partial charge in [0.1, 0.15) is 22.9 Å². The summed E-state index contributed by atoms with van der Waals surface area (Å²) in [5.74, 6) is -0.394. The minimum absolute atomic E-state index is 0.000857. The minimum Gasteiger partial charge on any atom is -0.443 e. The van der Waals surface area contributed by atoms with Gasteiger partial charge in [-0.15, -0.1) is 0 Å². The molecule has 0 saturated heterocycles. The number of aromatic nitrogens is 3. The second-order valence-electron chi connectivity index (χ2n) is 11.3. The lowest BCUT2D eigenvalue weighted by Crippen LogP contribution is -2.37. The van der Waals surface area contributed by atoms with E-state index < -0.39 is 23.4 Å². The van der Waals surface area contributed by atoms with Crippen LogP contribution in [0, 0.1) is 5.82 Å². The fourth-order valence-corrected chi connectivity index (χ4v) is 5.36. The summed E-state index contributed by atoms with van der Waals surface area (Å²) in [5, 5.41) is 3.27. The number of rotatable bonds is 6. The highest BCUT2D eigenvalue weighted by atomic mass is 19.1. The lowest BCUT2D eigenvalue weighted by atomic mass is 9.99. The molecule has 11 heteroatoms. The molecule has 1 saturated carbocycles. The van der Waals surface area contributed by atoms with Crippen molar-refractivity contribution in [3.63, 3.8) is 0 Å². The van der Waals surface area contributed by atoms with E-state index in [0.717, 1.165) is 23.3 Å². The topological polar surface area (TPSA) is 124 Å². The van der Waals surface area contributed by atoms with Crippen LogP contribution in [0.2, 0.25) is 0 Å². The number of hydrogen-bond donors (Lipinski definition) is 2. The van der Waals surface area contributed by atoms with E-state index >= 15 is 0 Å². The largest absolute Gasteiger partial charge is 0.443 e. The summed E-state index contributed by atoms with van der Waals surface area (Å²) in [6, 6.07) is 10.1. The van der Waals surface area contributed by atoms with Crippen LogP contribution in [0.3, 0.4) is 0 Å². The van der Waals surface area contributed by atoms with Crippen molar-refractivity contribution in [2.24, 2.45) is 5.73 Å². The molecule has 2 aliphatic rings. The molecule has 0 bridgehead atoms. The molecule has 3 aromatic heterocycles. The molecule has 2 amide bonds. The van der Waals surface area contributed by atoms with E-state index in [9.17, 15) is 14.0 Å². The molecular formula is C30H31FN6O4. The number of amides is 2. The summed E-state index contributed by atoms with van der Waals surface area (Å²) >= 11 is 0. The highest BCUT2D eigenvalue weighted by Gasteiger charge is 2.46. The average molecular weight is 559 g/mol. The molecule has 3 N–H and O–H groups in total. The summed E-state index contributed by atoms with van der Waals surface area (Å²) in [7, 11) is 1.69. The van der Waals surface area contributed by atoms with Crippen molar-refractivity contribution in [2.75, 3.05) is 12.4 Å². The van der Waals surface area contributed by atoms with Gasteiger partial charge in [-0.3, -0.25) is 9.20 Å². The number of imide groups is 1. The Morgan fingerprint density at radius 2 is 1.98 bits per heavy atom. The number of nitrogens with two attached hydrogens (primary N) is 1. The van der Waals surface area contributed by atoms with Crippen LogP contribution in [0.15, 0.2) is 48.8 Å². The van der Waals surface area contributed by atoms with Gasteiger partial charge in [-0.05, 0) is 57.4 Å². The van der Waals surface area contributed by atoms with Gasteiger partial charge in [-0.25, -0.2) is 24.1 Å². The Labute approximate surface area is 236 Å². The van der Waals surface area contributed by atoms with Crippen molar-refractivity contribution < 1.29 is 23.5 Å². The fourth-order valence-electron chi connectivity index (χ4n) is 5.36. The molecule has 4 heterocycles. The molecule has 6 rings (SSSR count). The number of carbonyl (C=O) groups is 2. The van der Waals surface area contributed by atoms with Crippen LogP contribution in [-0.4, -0.2) is 44.0 Å². The van der Waals surface area contributed by atoms with Crippen LogP contribution in [0.5, 0.6) is 0 Å². The molecule has 0 spiro atoms. The SMILES string of the molecule is COC1(c2ccc(Nc3ccc(-c4cnc5cc(F)ccn45)c4c3C(=O)N(C(=O)OC(C)(C)C)C4)nc2CN)CC1. The van der Waals surface area contributed by atoms with Crippen molar-refractivity contribution in [3.8, 4) is 11.3 Å². The maximum atomic E-state index is 13.8. The number of nitrogens with zero attached hydrogens (tertiary/aromatic N) is 4. The first kappa shape index (κ1) is 26.9. The summed E-state index contributed by atoms with van der Waals surface area (Å²) in [6.45, 7) is 5.46. The average Bonchev–Trinajstić information content (AvgIpc) is 3.49. The summed E-state index contributed by atoms with van der Waals surface area (Å²) in [6.07, 6.45) is 4.28. The molecule has 1 aliphatic carbocycles. The Hall–Kier alpha value is -4.35. The number of nitrogens with one attached hydrogen (secondary N) is 1. The van der Waals surface area contributed by atoms with Gasteiger partial charge in [-0.1, -0.05) is 12.1 Å². The molecular weight excluding hydrogens is 527 g/mol. The third-order valence-electron chi connectivity index (χ3n) is 7.47. The molecule has 212 valence electrons. The van der Waals surface area contributed by atoms with Gasteiger partial charge in [-0.2, -0.15) is 0 Å². The summed E-state index contributed by atoms with van der Waals surface area (Å²) < 4.78 is 26.8. The van der Waals surface area contributed by atoms with E-state index in [1.165, 1.54) is 12.1 Å². The lowest BCUT2D eigenvalue weighted by Gasteiger charge is -2.23. The van der Waals surface area contributed by atoms with Crippen LogP contribution in [0.4, 0.5) is 20.7 Å². The predicted molar refractivity (Wildman–Crippen MR) is 150 cm³/mol. The lowest BCUT2D eigenvalue weighted by molar-refractivity contribution is 0.0248. The van der Waals surface area contributed by atoms with E-state index in [2.05, 4.69) is 10.3 Å². The number of anilines is 2. The van der Waals surface area contributed by atoms with E-state index in [1.54, 1.807) is 50.7 Å². The van der Waals surface area contributed by atoms with Gasteiger partial charge in [0.2, 0.25) is 0 Å². The molecule has 10 nitrogen and oxygen atoms in total. The van der Waals surface area contributed by atoms with E-state index in [0.29, 0.717) is 45.2 Å². The third-order valence-corrected chi connectivity index (χ3v) is 7.47. The zero-order valence-corrected chi connectivity index (χ0v) is 23.3. The van der Waals surface area contributed by atoms with Gasteiger partial charge in [0, 0.05) is 37.0 Å². The number of methoxy groups -OCH3 is 1. The molecule has 0 atom stereocenters. The Balaban J connectivity index is 1.43. The second-order valence-corrected chi connectivity index (χ2v) is 11.3. The number of ether oxygens (including phenoxy) is 2. The third kappa shape index (κ3) is 4.70. The monoisotopic (exact) mass is 558 g/mol. The predicted octanol–water partition coefficient (Wildman–Crippen LogP) is 5.26. The van der Waals surface area contributed by atoms with Gasteiger partial charge in [0.25, 0.3) is 5.91 Å². The van der Waals surface area contributed by atoms with Gasteiger partial charge in [0.15, 0.2) is 0 Å². The van der Waals surface area contributed by atoms with Crippen molar-refractivity contribution >= 4 is 29.2 Å². The zero-order valence-electron chi connectivity index (χ0n) is 23.3. The van der Waals surface area contributed by atoms with E-state index in [-0.39, 0.29) is 18.7 Å². The first-order valence-corrected chi connectivity index (χ1v) is 13.4. The van der Waals surface area contributed by atoms with E-state index in [1.807, 2.05) is 18.2 Å². The number of benzene rings is 1. The highest BCUT2D eigenvalue weighted by molar-refractivity contribution is 6.11. The number of carbonyl (C=O) groups excluding carboxylic acids is 2. The van der Waals surface area contributed by atoms with Gasteiger partial charge in [0.05, 0.1) is 41.0 Å². The van der Waals surface area contributed by atoms with E-state index in [4.69, 9.17) is 20.2 Å².